The van der Waals surface area contributed by atoms with E-state index in [2.05, 4.69) is 21.5 Å². The molecule has 2 aromatic carbocycles. The number of sulfone groups is 1. The molecular formula is C27H35FN4O5S. The van der Waals surface area contributed by atoms with E-state index >= 15 is 0 Å². The Labute approximate surface area is 223 Å². The number of hydrogen-bond acceptors (Lipinski definition) is 7. The van der Waals surface area contributed by atoms with E-state index in [4.69, 9.17) is 0 Å². The van der Waals surface area contributed by atoms with Crippen molar-refractivity contribution in [3.05, 3.63) is 65.0 Å². The van der Waals surface area contributed by atoms with Crippen LogP contribution in [0.5, 0.6) is 0 Å². The number of ether oxygens (including phenoxy) is 1. The second-order valence-electron chi connectivity index (χ2n) is 9.68. The van der Waals surface area contributed by atoms with Crippen LogP contribution in [0.4, 0.5) is 14.9 Å². The lowest BCUT2D eigenvalue weighted by molar-refractivity contribution is 0.0600. The van der Waals surface area contributed by atoms with Crippen LogP contribution in [0, 0.1) is 5.82 Å². The minimum Gasteiger partial charge on any atom is -0.465 e. The van der Waals surface area contributed by atoms with Crippen molar-refractivity contribution in [3.8, 4) is 0 Å². The van der Waals surface area contributed by atoms with Crippen LogP contribution in [-0.4, -0.2) is 99.5 Å². The first-order valence-corrected chi connectivity index (χ1v) is 14.7. The second kappa shape index (κ2) is 12.2. The van der Waals surface area contributed by atoms with Gasteiger partial charge in [-0.1, -0.05) is 25.1 Å². The van der Waals surface area contributed by atoms with Gasteiger partial charge in [-0.25, -0.2) is 22.4 Å². The Morgan fingerprint density at radius 2 is 1.58 bits per heavy atom. The molecular weight excluding hydrogens is 511 g/mol. The van der Waals surface area contributed by atoms with Crippen molar-refractivity contribution in [3.63, 3.8) is 0 Å². The van der Waals surface area contributed by atoms with Gasteiger partial charge in [0.05, 0.1) is 30.7 Å². The van der Waals surface area contributed by atoms with Crippen molar-refractivity contribution >= 4 is 27.5 Å². The van der Waals surface area contributed by atoms with Gasteiger partial charge in [0.25, 0.3) is 0 Å². The molecule has 9 nitrogen and oxygen atoms in total. The average molecular weight is 547 g/mol. The molecule has 0 spiro atoms. The van der Waals surface area contributed by atoms with E-state index in [1.807, 2.05) is 24.3 Å². The molecule has 2 aromatic rings. The Kier molecular flexibility index (Phi) is 9.01. The first-order chi connectivity index (χ1) is 18.2. The molecule has 0 radical (unpaired) electrons. The number of benzene rings is 2. The zero-order chi connectivity index (χ0) is 27.3. The summed E-state index contributed by atoms with van der Waals surface area (Å²) in [4.78, 5) is 33.1. The van der Waals surface area contributed by atoms with Gasteiger partial charge in [-0.15, -0.1) is 0 Å². The molecule has 2 aliphatic heterocycles. The first kappa shape index (κ1) is 28.0. The molecule has 11 heteroatoms. The SMILES string of the molecule is CCN1CCN(Cc2ccc(N(Cc3ccc(C(=O)OC)cc3F)C(=O)N3CCS(=O)(=O)CC3)cc2)CC1. The zero-order valence-electron chi connectivity index (χ0n) is 21.9. The number of rotatable bonds is 7. The normalized spacial score (nSPS) is 18.2. The summed E-state index contributed by atoms with van der Waals surface area (Å²) in [6, 6.07) is 11.3. The summed E-state index contributed by atoms with van der Waals surface area (Å²) < 4.78 is 43.4. The standard InChI is InChI=1S/C27H35FN4O5S/c1-3-29-10-12-30(13-11-29)19-21-4-8-24(9-5-21)32(27(34)31-14-16-38(35,36)17-15-31)20-23-7-6-22(18-25(23)28)26(33)37-2/h4-9,18H,3,10-17,19-20H2,1-2H3. The molecule has 38 heavy (non-hydrogen) atoms. The number of likely N-dealkylation sites (N-methyl/N-ethyl adjacent to an activating group) is 1. The number of esters is 1. The molecule has 2 saturated heterocycles. The van der Waals surface area contributed by atoms with Crippen LogP contribution >= 0.6 is 0 Å². The number of anilines is 1. The number of nitrogens with zero attached hydrogens (tertiary/aromatic N) is 4. The lowest BCUT2D eigenvalue weighted by atomic mass is 10.1. The summed E-state index contributed by atoms with van der Waals surface area (Å²) in [6.45, 7) is 8.22. The van der Waals surface area contributed by atoms with Crippen molar-refractivity contribution in [2.75, 3.05) is 69.3 Å². The second-order valence-corrected chi connectivity index (χ2v) is 12.0. The number of amides is 2. The first-order valence-electron chi connectivity index (χ1n) is 12.9. The summed E-state index contributed by atoms with van der Waals surface area (Å²) in [5, 5.41) is 0. The highest BCUT2D eigenvalue weighted by atomic mass is 32.2. The van der Waals surface area contributed by atoms with Crippen LogP contribution in [-0.2, 0) is 27.7 Å². The van der Waals surface area contributed by atoms with Gasteiger partial charge in [-0.3, -0.25) is 9.80 Å². The van der Waals surface area contributed by atoms with E-state index < -0.39 is 21.6 Å². The Morgan fingerprint density at radius 1 is 0.947 bits per heavy atom. The third kappa shape index (κ3) is 6.89. The molecule has 206 valence electrons. The third-order valence-electron chi connectivity index (χ3n) is 7.21. The maximum atomic E-state index is 15.0. The minimum absolute atomic E-state index is 0.0757. The number of carbonyl (C=O) groups is 2. The Hall–Kier alpha value is -3.02. The molecule has 2 amide bonds. The van der Waals surface area contributed by atoms with Gasteiger partial charge in [0.1, 0.15) is 5.82 Å². The van der Waals surface area contributed by atoms with Crippen molar-refractivity contribution in [2.24, 2.45) is 0 Å². The zero-order valence-corrected chi connectivity index (χ0v) is 22.8. The summed E-state index contributed by atoms with van der Waals surface area (Å²) in [7, 11) is -1.95. The molecule has 2 heterocycles. The molecule has 2 aliphatic rings. The maximum absolute atomic E-state index is 15.0. The lowest BCUT2D eigenvalue weighted by Crippen LogP contribution is -2.49. The number of piperazine rings is 1. The topological polar surface area (TPSA) is 90.5 Å². The summed E-state index contributed by atoms with van der Waals surface area (Å²) in [5.74, 6) is -1.47. The van der Waals surface area contributed by atoms with E-state index in [9.17, 15) is 22.4 Å². The highest BCUT2D eigenvalue weighted by Crippen LogP contribution is 2.24. The molecule has 2 fully saturated rings. The quantitative estimate of drug-likeness (QED) is 0.493. The fraction of sp³-hybridized carbons (Fsp3) is 0.481. The molecule has 0 aliphatic carbocycles. The Morgan fingerprint density at radius 3 is 2.16 bits per heavy atom. The van der Waals surface area contributed by atoms with Gasteiger partial charge < -0.3 is 14.5 Å². The van der Waals surface area contributed by atoms with Crippen molar-refractivity contribution in [1.82, 2.24) is 14.7 Å². The largest absolute Gasteiger partial charge is 0.465 e. The smallest absolute Gasteiger partial charge is 0.337 e. The molecule has 0 saturated carbocycles. The van der Waals surface area contributed by atoms with E-state index in [1.165, 1.54) is 29.0 Å². The predicted octanol–water partition coefficient (Wildman–Crippen LogP) is 2.61. The van der Waals surface area contributed by atoms with Crippen molar-refractivity contribution < 1.29 is 27.1 Å². The van der Waals surface area contributed by atoms with Crippen LogP contribution in [0.1, 0.15) is 28.4 Å². The predicted molar refractivity (Wildman–Crippen MR) is 143 cm³/mol. The van der Waals surface area contributed by atoms with E-state index in [1.54, 1.807) is 0 Å². The Balaban J connectivity index is 1.54. The van der Waals surface area contributed by atoms with E-state index in [0.717, 1.165) is 50.9 Å². The summed E-state index contributed by atoms with van der Waals surface area (Å²) >= 11 is 0. The van der Waals surface area contributed by atoms with Gasteiger partial charge >= 0.3 is 12.0 Å². The van der Waals surface area contributed by atoms with Gasteiger partial charge in [-0.05, 0) is 36.4 Å². The molecule has 0 N–H and O–H groups in total. The molecule has 0 bridgehead atoms. The number of hydrogen-bond donors (Lipinski definition) is 0. The maximum Gasteiger partial charge on any atom is 0.337 e. The van der Waals surface area contributed by atoms with Gasteiger partial charge in [0.2, 0.25) is 0 Å². The van der Waals surface area contributed by atoms with Crippen LogP contribution in [0.15, 0.2) is 42.5 Å². The van der Waals surface area contributed by atoms with Crippen LogP contribution in [0.2, 0.25) is 0 Å². The third-order valence-corrected chi connectivity index (χ3v) is 8.82. The molecule has 0 atom stereocenters. The number of methoxy groups -OCH3 is 1. The fourth-order valence-corrected chi connectivity index (χ4v) is 5.94. The minimum atomic E-state index is -3.17. The average Bonchev–Trinajstić information content (AvgIpc) is 2.92. The van der Waals surface area contributed by atoms with Crippen LogP contribution < -0.4 is 4.90 Å². The van der Waals surface area contributed by atoms with Gasteiger partial charge in [0, 0.05) is 57.1 Å². The Bertz CT molecular complexity index is 1230. The van der Waals surface area contributed by atoms with E-state index in [-0.39, 0.29) is 48.3 Å². The molecule has 0 unspecified atom stereocenters. The van der Waals surface area contributed by atoms with Crippen LogP contribution in [0.3, 0.4) is 0 Å². The summed E-state index contributed by atoms with van der Waals surface area (Å²) in [6.07, 6.45) is 0. The number of urea groups is 1. The van der Waals surface area contributed by atoms with Crippen molar-refractivity contribution in [1.29, 1.82) is 0 Å². The van der Waals surface area contributed by atoms with E-state index in [0.29, 0.717) is 5.69 Å². The fourth-order valence-electron chi connectivity index (χ4n) is 4.74. The lowest BCUT2D eigenvalue weighted by Gasteiger charge is -2.34. The highest BCUT2D eigenvalue weighted by molar-refractivity contribution is 7.91. The monoisotopic (exact) mass is 546 g/mol. The van der Waals surface area contributed by atoms with Crippen LogP contribution in [0.25, 0.3) is 0 Å². The van der Waals surface area contributed by atoms with Crippen molar-refractivity contribution in [2.45, 2.75) is 20.0 Å². The molecule has 4 rings (SSSR count). The number of halogens is 1. The highest BCUT2D eigenvalue weighted by Gasteiger charge is 2.29. The summed E-state index contributed by atoms with van der Waals surface area (Å²) in [5.41, 5.74) is 2.01. The number of carbonyl (C=O) groups excluding carboxylic acids is 2. The van der Waals surface area contributed by atoms with Gasteiger partial charge in [0.15, 0.2) is 9.84 Å². The van der Waals surface area contributed by atoms with Gasteiger partial charge in [-0.2, -0.15) is 0 Å². The molecule has 0 aromatic heterocycles.